The summed E-state index contributed by atoms with van der Waals surface area (Å²) >= 11 is 0. The molecule has 0 bridgehead atoms. The monoisotopic (exact) mass is 244 g/mol. The van der Waals surface area contributed by atoms with Gasteiger partial charge in [-0.1, -0.05) is 19.3 Å². The van der Waals surface area contributed by atoms with Crippen molar-refractivity contribution in [3.05, 3.63) is 23.9 Å². The number of rotatable bonds is 1. The summed E-state index contributed by atoms with van der Waals surface area (Å²) in [5.41, 5.74) is 1.11. The van der Waals surface area contributed by atoms with E-state index in [1.807, 2.05) is 24.0 Å². The van der Waals surface area contributed by atoms with Gasteiger partial charge in [-0.05, 0) is 43.9 Å². The summed E-state index contributed by atoms with van der Waals surface area (Å²) in [6.07, 6.45) is 8.67. The van der Waals surface area contributed by atoms with E-state index in [-0.39, 0.29) is 5.41 Å². The Morgan fingerprint density at radius 2 is 2.00 bits per heavy atom. The van der Waals surface area contributed by atoms with Gasteiger partial charge in [0.2, 0.25) is 5.91 Å². The number of hydrogen-bond donors (Lipinski definition) is 0. The Balaban J connectivity index is 1.86. The first-order chi connectivity index (χ1) is 8.71. The van der Waals surface area contributed by atoms with Gasteiger partial charge in [0.1, 0.15) is 5.82 Å². The van der Waals surface area contributed by atoms with Crippen LogP contribution in [0.15, 0.2) is 18.3 Å². The minimum absolute atomic E-state index is 0.0519. The second kappa shape index (κ2) is 4.38. The first-order valence-corrected chi connectivity index (χ1v) is 6.96. The van der Waals surface area contributed by atoms with Crippen LogP contribution in [0.4, 0.5) is 5.82 Å². The number of aryl methyl sites for hydroxylation is 1. The molecule has 1 aliphatic heterocycles. The van der Waals surface area contributed by atoms with E-state index in [0.717, 1.165) is 37.2 Å². The van der Waals surface area contributed by atoms with Crippen molar-refractivity contribution in [2.75, 3.05) is 11.4 Å². The van der Waals surface area contributed by atoms with Gasteiger partial charge in [-0.15, -0.1) is 0 Å². The van der Waals surface area contributed by atoms with E-state index in [1.54, 1.807) is 6.20 Å². The highest BCUT2D eigenvalue weighted by molar-refractivity contribution is 5.99. The molecular weight excluding hydrogens is 224 g/mol. The average Bonchev–Trinajstić information content (AvgIpc) is 2.68. The van der Waals surface area contributed by atoms with Crippen LogP contribution in [0.25, 0.3) is 0 Å². The van der Waals surface area contributed by atoms with Crippen LogP contribution < -0.4 is 4.90 Å². The van der Waals surface area contributed by atoms with Crippen LogP contribution in [0.1, 0.15) is 44.1 Å². The van der Waals surface area contributed by atoms with Gasteiger partial charge in [0.05, 0.1) is 5.41 Å². The number of anilines is 1. The molecule has 0 unspecified atom stereocenters. The molecule has 96 valence electrons. The molecular formula is C15H20N2O. The maximum atomic E-state index is 12.7. The molecule has 3 rings (SSSR count). The molecule has 3 nitrogen and oxygen atoms in total. The molecule has 1 saturated heterocycles. The number of nitrogens with zero attached hydrogens (tertiary/aromatic N) is 2. The highest BCUT2D eigenvalue weighted by Gasteiger charge is 2.47. The molecule has 18 heavy (non-hydrogen) atoms. The highest BCUT2D eigenvalue weighted by Crippen LogP contribution is 2.45. The normalized spacial score (nSPS) is 22.7. The summed E-state index contributed by atoms with van der Waals surface area (Å²) in [7, 11) is 0. The molecule has 2 fully saturated rings. The fourth-order valence-electron chi connectivity index (χ4n) is 3.40. The van der Waals surface area contributed by atoms with Crippen LogP contribution in [-0.4, -0.2) is 17.4 Å². The Bertz CT molecular complexity index is 463. The average molecular weight is 244 g/mol. The smallest absolute Gasteiger partial charge is 0.234 e. The third-order valence-electron chi connectivity index (χ3n) is 4.50. The minimum atomic E-state index is -0.0519. The van der Waals surface area contributed by atoms with Crippen molar-refractivity contribution in [1.82, 2.24) is 4.98 Å². The van der Waals surface area contributed by atoms with Crippen molar-refractivity contribution < 1.29 is 4.79 Å². The minimum Gasteiger partial charge on any atom is -0.296 e. The zero-order valence-electron chi connectivity index (χ0n) is 11.0. The van der Waals surface area contributed by atoms with E-state index in [9.17, 15) is 4.79 Å². The number of pyridine rings is 1. The summed E-state index contributed by atoms with van der Waals surface area (Å²) in [4.78, 5) is 18.9. The van der Waals surface area contributed by atoms with Crippen LogP contribution >= 0.6 is 0 Å². The summed E-state index contributed by atoms with van der Waals surface area (Å²) in [5, 5.41) is 0. The van der Waals surface area contributed by atoms with Gasteiger partial charge >= 0.3 is 0 Å². The molecule has 2 aliphatic rings. The third kappa shape index (κ3) is 1.82. The van der Waals surface area contributed by atoms with Crippen molar-refractivity contribution in [3.63, 3.8) is 0 Å². The summed E-state index contributed by atoms with van der Waals surface area (Å²) in [5.74, 6) is 1.16. The van der Waals surface area contributed by atoms with Crippen molar-refractivity contribution in [3.8, 4) is 0 Å². The largest absolute Gasteiger partial charge is 0.296 e. The van der Waals surface area contributed by atoms with Crippen molar-refractivity contribution >= 4 is 11.7 Å². The van der Waals surface area contributed by atoms with Crippen LogP contribution in [0, 0.1) is 12.3 Å². The first-order valence-electron chi connectivity index (χ1n) is 6.96. The fourth-order valence-corrected chi connectivity index (χ4v) is 3.40. The van der Waals surface area contributed by atoms with E-state index >= 15 is 0 Å². The highest BCUT2D eigenvalue weighted by atomic mass is 16.2. The molecule has 1 aromatic rings. The molecule has 0 N–H and O–H groups in total. The molecule has 1 saturated carbocycles. The van der Waals surface area contributed by atoms with Crippen LogP contribution in [0.5, 0.6) is 0 Å². The molecule has 2 heterocycles. The van der Waals surface area contributed by atoms with Gasteiger partial charge in [0.25, 0.3) is 0 Å². The quantitative estimate of drug-likeness (QED) is 0.760. The lowest BCUT2D eigenvalue weighted by Gasteiger charge is -2.31. The summed E-state index contributed by atoms with van der Waals surface area (Å²) in [6.45, 7) is 2.89. The van der Waals surface area contributed by atoms with Gasteiger partial charge in [0.15, 0.2) is 0 Å². The lowest BCUT2D eigenvalue weighted by molar-refractivity contribution is -0.127. The lowest BCUT2D eigenvalue weighted by atomic mass is 9.73. The van der Waals surface area contributed by atoms with Crippen molar-refractivity contribution in [2.45, 2.75) is 45.4 Å². The topological polar surface area (TPSA) is 33.2 Å². The Hall–Kier alpha value is -1.38. The standard InChI is InChI=1S/C15H20N2O/c1-12-5-9-16-13(11-12)17-10-8-15(14(17)18)6-3-2-4-7-15/h5,9,11H,2-4,6-8,10H2,1H3. The second-order valence-corrected chi connectivity index (χ2v) is 5.74. The first kappa shape index (κ1) is 11.7. The van der Waals surface area contributed by atoms with E-state index in [4.69, 9.17) is 0 Å². The molecule has 0 aromatic carbocycles. The Kier molecular flexibility index (Phi) is 2.84. The van der Waals surface area contributed by atoms with Crippen molar-refractivity contribution in [1.29, 1.82) is 0 Å². The van der Waals surface area contributed by atoms with Crippen LogP contribution in [0.2, 0.25) is 0 Å². The molecule has 1 aliphatic carbocycles. The fraction of sp³-hybridized carbons (Fsp3) is 0.600. The predicted octanol–water partition coefficient (Wildman–Crippen LogP) is 3.08. The molecule has 0 radical (unpaired) electrons. The summed E-state index contributed by atoms with van der Waals surface area (Å²) in [6, 6.07) is 3.99. The van der Waals surface area contributed by atoms with Crippen LogP contribution in [-0.2, 0) is 4.79 Å². The van der Waals surface area contributed by atoms with E-state index in [1.165, 1.54) is 19.3 Å². The molecule has 1 amide bonds. The van der Waals surface area contributed by atoms with E-state index in [2.05, 4.69) is 4.98 Å². The lowest BCUT2D eigenvalue weighted by Crippen LogP contribution is -2.36. The Morgan fingerprint density at radius 3 is 2.72 bits per heavy atom. The number of hydrogen-bond acceptors (Lipinski definition) is 2. The third-order valence-corrected chi connectivity index (χ3v) is 4.50. The van der Waals surface area contributed by atoms with Gasteiger partial charge in [0, 0.05) is 12.7 Å². The van der Waals surface area contributed by atoms with Crippen molar-refractivity contribution in [2.24, 2.45) is 5.41 Å². The SMILES string of the molecule is Cc1ccnc(N2CCC3(CCCCC3)C2=O)c1. The van der Waals surface area contributed by atoms with Gasteiger partial charge in [-0.2, -0.15) is 0 Å². The zero-order chi connectivity index (χ0) is 12.6. The predicted molar refractivity (Wildman–Crippen MR) is 71.5 cm³/mol. The molecule has 1 spiro atoms. The van der Waals surface area contributed by atoms with Crippen LogP contribution in [0.3, 0.4) is 0 Å². The zero-order valence-corrected chi connectivity index (χ0v) is 11.0. The molecule has 1 aromatic heterocycles. The number of carbonyl (C=O) groups is 1. The molecule has 3 heteroatoms. The maximum Gasteiger partial charge on any atom is 0.234 e. The second-order valence-electron chi connectivity index (χ2n) is 5.74. The van der Waals surface area contributed by atoms with Gasteiger partial charge in [-0.25, -0.2) is 4.98 Å². The summed E-state index contributed by atoms with van der Waals surface area (Å²) < 4.78 is 0. The number of amides is 1. The Labute approximate surface area is 108 Å². The van der Waals surface area contributed by atoms with E-state index < -0.39 is 0 Å². The number of carbonyl (C=O) groups excluding carboxylic acids is 1. The van der Waals surface area contributed by atoms with Gasteiger partial charge < -0.3 is 0 Å². The van der Waals surface area contributed by atoms with Gasteiger partial charge in [-0.3, -0.25) is 9.69 Å². The number of aromatic nitrogens is 1. The molecule has 0 atom stereocenters. The van der Waals surface area contributed by atoms with E-state index in [0.29, 0.717) is 5.91 Å². The maximum absolute atomic E-state index is 12.7. The Morgan fingerprint density at radius 1 is 1.22 bits per heavy atom.